The highest BCUT2D eigenvalue weighted by molar-refractivity contribution is 5.91. The van der Waals surface area contributed by atoms with Gasteiger partial charge in [0.15, 0.2) is 0 Å². The predicted octanol–water partition coefficient (Wildman–Crippen LogP) is 3.89. The highest BCUT2D eigenvalue weighted by Crippen LogP contribution is 2.30. The number of likely N-dealkylation sites (tertiary alicyclic amines) is 2. The summed E-state index contributed by atoms with van der Waals surface area (Å²) < 4.78 is 0. The quantitative estimate of drug-likeness (QED) is 0.317. The Hall–Kier alpha value is -2.98. The number of carboxylic acid groups (broad SMARTS) is 1. The summed E-state index contributed by atoms with van der Waals surface area (Å²) >= 11 is 0. The van der Waals surface area contributed by atoms with Crippen LogP contribution in [-0.4, -0.2) is 107 Å². The summed E-state index contributed by atoms with van der Waals surface area (Å²) in [6, 6.07) is 7.12. The van der Waals surface area contributed by atoms with Crippen molar-refractivity contribution in [2.24, 2.45) is 11.3 Å². The van der Waals surface area contributed by atoms with Gasteiger partial charge in [0.2, 0.25) is 17.7 Å². The molecule has 3 amide bonds. The molecule has 2 aliphatic rings. The molecule has 0 bridgehead atoms. The van der Waals surface area contributed by atoms with Gasteiger partial charge in [-0.3, -0.25) is 19.3 Å². The number of rotatable bonds is 12. The SMILES string of the molecule is CNC(C(=O)N[C@H](C(=O)N(C)[C@H](CN1CCCCC1C(=O)N1CCCC[C@H]1C(=O)O)C(C)C)C(C)(C)C)C(C)(C)c1ccccc1. The van der Waals surface area contributed by atoms with Gasteiger partial charge in [0, 0.05) is 31.6 Å². The number of benzene rings is 1. The van der Waals surface area contributed by atoms with Crippen molar-refractivity contribution in [1.29, 1.82) is 0 Å². The average molecular weight is 642 g/mol. The lowest BCUT2D eigenvalue weighted by Crippen LogP contribution is -2.63. The average Bonchev–Trinajstić information content (AvgIpc) is 3.01. The zero-order chi connectivity index (χ0) is 34.4. The second kappa shape index (κ2) is 15.7. The van der Waals surface area contributed by atoms with Crippen molar-refractivity contribution in [1.82, 2.24) is 25.3 Å². The molecule has 1 aromatic carbocycles. The van der Waals surface area contributed by atoms with Crippen molar-refractivity contribution in [3.05, 3.63) is 35.9 Å². The third kappa shape index (κ3) is 8.68. The van der Waals surface area contributed by atoms with Crippen molar-refractivity contribution < 1.29 is 24.3 Å². The fourth-order valence-electron chi connectivity index (χ4n) is 7.25. The van der Waals surface area contributed by atoms with Crippen molar-refractivity contribution in [2.45, 2.75) is 123 Å². The largest absolute Gasteiger partial charge is 0.480 e. The molecule has 10 nitrogen and oxygen atoms in total. The van der Waals surface area contributed by atoms with Gasteiger partial charge in [0.1, 0.15) is 12.1 Å². The first kappa shape index (κ1) is 37.5. The van der Waals surface area contributed by atoms with Gasteiger partial charge in [0.25, 0.3) is 0 Å². The summed E-state index contributed by atoms with van der Waals surface area (Å²) in [6.07, 6.45) is 4.62. The van der Waals surface area contributed by atoms with Gasteiger partial charge in [-0.2, -0.15) is 0 Å². The van der Waals surface area contributed by atoms with Gasteiger partial charge in [-0.1, -0.05) is 85.2 Å². The summed E-state index contributed by atoms with van der Waals surface area (Å²) in [5.74, 6) is -1.39. The van der Waals surface area contributed by atoms with E-state index in [1.165, 1.54) is 0 Å². The van der Waals surface area contributed by atoms with E-state index in [9.17, 15) is 24.3 Å². The molecule has 258 valence electrons. The maximum atomic E-state index is 14.4. The van der Waals surface area contributed by atoms with E-state index in [1.54, 1.807) is 23.9 Å². The molecular weight excluding hydrogens is 582 g/mol. The van der Waals surface area contributed by atoms with Crippen LogP contribution < -0.4 is 10.6 Å². The molecule has 1 aromatic rings. The van der Waals surface area contributed by atoms with Crippen molar-refractivity contribution in [2.75, 3.05) is 33.7 Å². The molecule has 10 heteroatoms. The molecule has 2 heterocycles. The number of nitrogens with one attached hydrogen (secondary N) is 2. The summed E-state index contributed by atoms with van der Waals surface area (Å²) in [4.78, 5) is 59.6. The fraction of sp³-hybridized carbons (Fsp3) is 0.722. The van der Waals surface area contributed by atoms with E-state index in [0.29, 0.717) is 32.5 Å². The van der Waals surface area contributed by atoms with Crippen LogP contribution >= 0.6 is 0 Å². The molecule has 0 radical (unpaired) electrons. The van der Waals surface area contributed by atoms with Crippen molar-refractivity contribution in [3.63, 3.8) is 0 Å². The van der Waals surface area contributed by atoms with E-state index in [4.69, 9.17) is 0 Å². The summed E-state index contributed by atoms with van der Waals surface area (Å²) in [7, 11) is 3.57. The standard InChI is InChI=1S/C36H59N5O5/c1-24(2)28(23-40-21-15-13-19-26(40)32(43)41-22-16-14-20-27(41)34(45)46)39(9)33(44)30(35(3,4)5)38-31(42)29(37-8)36(6,7)25-17-11-10-12-18-25/h10-12,17-18,24,26-30,37H,13-16,19-23H2,1-9H3,(H,38,42)(H,45,46)/t26?,27-,28+,29?,30+/m0/s1. The number of carbonyl (C=O) groups excluding carboxylic acids is 3. The Bertz CT molecular complexity index is 1200. The van der Waals surface area contributed by atoms with Gasteiger partial charge >= 0.3 is 5.97 Å². The summed E-state index contributed by atoms with van der Waals surface area (Å²) in [5.41, 5.74) is -0.0894. The molecule has 0 saturated carbocycles. The van der Waals surface area contributed by atoms with E-state index in [-0.39, 0.29) is 29.7 Å². The van der Waals surface area contributed by atoms with Gasteiger partial charge in [-0.25, -0.2) is 4.79 Å². The van der Waals surface area contributed by atoms with Crippen LogP contribution in [0.25, 0.3) is 0 Å². The molecule has 2 fully saturated rings. The summed E-state index contributed by atoms with van der Waals surface area (Å²) in [6.45, 7) is 15.7. The molecule has 5 atom stereocenters. The normalized spacial score (nSPS) is 21.7. The number of carboxylic acids is 1. The monoisotopic (exact) mass is 641 g/mol. The molecule has 0 aliphatic carbocycles. The Balaban J connectivity index is 1.82. The summed E-state index contributed by atoms with van der Waals surface area (Å²) in [5, 5.41) is 16.1. The predicted molar refractivity (Wildman–Crippen MR) is 181 cm³/mol. The smallest absolute Gasteiger partial charge is 0.326 e. The van der Waals surface area contributed by atoms with Crippen LogP contribution in [0.1, 0.15) is 92.6 Å². The Morgan fingerprint density at radius 3 is 2.04 bits per heavy atom. The molecule has 2 saturated heterocycles. The number of hydrogen-bond donors (Lipinski definition) is 3. The van der Waals surface area contributed by atoms with Crippen LogP contribution in [0.15, 0.2) is 30.3 Å². The van der Waals surface area contributed by atoms with Crippen molar-refractivity contribution >= 4 is 23.7 Å². The molecule has 2 aliphatic heterocycles. The van der Waals surface area contributed by atoms with Crippen molar-refractivity contribution in [3.8, 4) is 0 Å². The molecule has 0 spiro atoms. The zero-order valence-corrected chi connectivity index (χ0v) is 29.6. The van der Waals surface area contributed by atoms with Crippen LogP contribution in [0.3, 0.4) is 0 Å². The molecule has 2 unspecified atom stereocenters. The third-order valence-corrected chi connectivity index (χ3v) is 10.2. The van der Waals surface area contributed by atoms with E-state index in [1.807, 2.05) is 65.0 Å². The first-order valence-corrected chi connectivity index (χ1v) is 17.1. The molecule has 0 aromatic heterocycles. The number of hydrogen-bond acceptors (Lipinski definition) is 6. The minimum absolute atomic E-state index is 0.0757. The number of aliphatic carboxylic acids is 1. The first-order chi connectivity index (χ1) is 21.5. The number of nitrogens with zero attached hydrogens (tertiary/aromatic N) is 3. The topological polar surface area (TPSA) is 122 Å². The number of likely N-dealkylation sites (N-methyl/N-ethyl adjacent to an activating group) is 2. The molecular formula is C36H59N5O5. The second-order valence-corrected chi connectivity index (χ2v) is 15.3. The Morgan fingerprint density at radius 2 is 1.50 bits per heavy atom. The fourth-order valence-corrected chi connectivity index (χ4v) is 7.25. The minimum atomic E-state index is -0.941. The van der Waals surface area contributed by atoms with Crippen LogP contribution in [-0.2, 0) is 24.6 Å². The van der Waals surface area contributed by atoms with Gasteiger partial charge < -0.3 is 25.5 Å². The van der Waals surface area contributed by atoms with E-state index in [2.05, 4.69) is 29.4 Å². The van der Waals surface area contributed by atoms with Gasteiger partial charge in [0.05, 0.1) is 12.1 Å². The van der Waals surface area contributed by atoms with Gasteiger partial charge in [-0.05, 0) is 62.6 Å². The highest BCUT2D eigenvalue weighted by atomic mass is 16.4. The lowest BCUT2D eigenvalue weighted by molar-refractivity contribution is -0.155. The van der Waals surface area contributed by atoms with Crippen LogP contribution in [0.5, 0.6) is 0 Å². The van der Waals surface area contributed by atoms with Crippen LogP contribution in [0, 0.1) is 11.3 Å². The number of piperidine rings is 2. The third-order valence-electron chi connectivity index (χ3n) is 10.2. The molecule has 3 N–H and O–H groups in total. The second-order valence-electron chi connectivity index (χ2n) is 15.3. The Morgan fingerprint density at radius 1 is 0.913 bits per heavy atom. The Labute approximate surface area is 276 Å². The minimum Gasteiger partial charge on any atom is -0.480 e. The Kier molecular flexibility index (Phi) is 12.8. The van der Waals surface area contributed by atoms with Crippen LogP contribution in [0.2, 0.25) is 0 Å². The van der Waals surface area contributed by atoms with Gasteiger partial charge in [-0.15, -0.1) is 0 Å². The van der Waals surface area contributed by atoms with E-state index < -0.39 is 41.0 Å². The lowest BCUT2D eigenvalue weighted by Gasteiger charge is -2.45. The number of carbonyl (C=O) groups is 4. The molecule has 3 rings (SSSR count). The zero-order valence-electron chi connectivity index (χ0n) is 29.6. The maximum absolute atomic E-state index is 14.4. The lowest BCUT2D eigenvalue weighted by atomic mass is 9.76. The maximum Gasteiger partial charge on any atom is 0.326 e. The van der Waals surface area contributed by atoms with E-state index in [0.717, 1.165) is 31.2 Å². The number of amides is 3. The first-order valence-electron chi connectivity index (χ1n) is 17.1. The highest BCUT2D eigenvalue weighted by Gasteiger charge is 2.43. The molecule has 46 heavy (non-hydrogen) atoms. The van der Waals surface area contributed by atoms with E-state index >= 15 is 0 Å². The van der Waals surface area contributed by atoms with Crippen LogP contribution in [0.4, 0.5) is 0 Å².